The van der Waals surface area contributed by atoms with E-state index in [9.17, 15) is 13.6 Å². The van der Waals surface area contributed by atoms with Crippen molar-refractivity contribution in [1.82, 2.24) is 15.3 Å². The molecule has 1 aliphatic heterocycles. The van der Waals surface area contributed by atoms with Crippen LogP contribution in [0.1, 0.15) is 28.3 Å². The zero-order valence-electron chi connectivity index (χ0n) is 15.0. The number of carbonyl (C=O) groups is 1. The molecule has 3 aromatic rings. The average molecular weight is 383 g/mol. The molecule has 1 saturated heterocycles. The quantitative estimate of drug-likeness (QED) is 0.644. The highest BCUT2D eigenvalue weighted by Crippen LogP contribution is 2.30. The molecule has 8 heteroatoms. The van der Waals surface area contributed by atoms with E-state index in [1.54, 1.807) is 18.2 Å². The second-order valence-corrected chi connectivity index (χ2v) is 6.84. The summed E-state index contributed by atoms with van der Waals surface area (Å²) in [5.74, 6) is -1.31. The molecular weight excluding hydrogens is 364 g/mol. The van der Waals surface area contributed by atoms with Gasteiger partial charge in [-0.15, -0.1) is 0 Å². The van der Waals surface area contributed by atoms with Crippen LogP contribution in [0.5, 0.6) is 0 Å². The van der Waals surface area contributed by atoms with Gasteiger partial charge in [0.05, 0.1) is 11.1 Å². The molecule has 1 amide bonds. The second-order valence-electron chi connectivity index (χ2n) is 6.84. The smallest absolute Gasteiger partial charge is 0.250 e. The number of nitrogens with two attached hydrogens (primary N) is 1. The Morgan fingerprint density at radius 3 is 2.71 bits per heavy atom. The number of hydrogen-bond donors (Lipinski definition) is 3. The first kappa shape index (κ1) is 18.2. The molecule has 0 saturated carbocycles. The standard InChI is InChI=1S/C20H19F2N5O/c21-12-6-11(7-13(22)8-12)14-4-5-24-9-17(14)27-20-16-3-1-2-15(19(23)28)18(16)25-10-26-20/h1-3,6-8,10,14,17,24H,4-5,9H2,(H2,23,28)(H,25,26,27)/t14-,17?/m1/s1. The van der Waals surface area contributed by atoms with Crippen molar-refractivity contribution < 1.29 is 13.6 Å². The summed E-state index contributed by atoms with van der Waals surface area (Å²) in [6, 6.07) is 8.60. The highest BCUT2D eigenvalue weighted by Gasteiger charge is 2.28. The molecule has 2 aromatic carbocycles. The van der Waals surface area contributed by atoms with Crippen molar-refractivity contribution in [1.29, 1.82) is 0 Å². The van der Waals surface area contributed by atoms with Crippen LogP contribution in [0, 0.1) is 11.6 Å². The van der Waals surface area contributed by atoms with Crippen molar-refractivity contribution in [3.63, 3.8) is 0 Å². The molecule has 0 bridgehead atoms. The number of nitrogens with zero attached hydrogens (tertiary/aromatic N) is 2. The number of amides is 1. The van der Waals surface area contributed by atoms with Gasteiger partial charge in [0.1, 0.15) is 23.8 Å². The molecule has 2 heterocycles. The van der Waals surface area contributed by atoms with Crippen LogP contribution in [0.3, 0.4) is 0 Å². The molecule has 1 aliphatic rings. The van der Waals surface area contributed by atoms with E-state index in [-0.39, 0.29) is 12.0 Å². The number of hydrogen-bond acceptors (Lipinski definition) is 5. The first-order chi connectivity index (χ1) is 13.5. The lowest BCUT2D eigenvalue weighted by Gasteiger charge is -2.33. The molecule has 0 aliphatic carbocycles. The fraction of sp³-hybridized carbons (Fsp3) is 0.250. The Morgan fingerprint density at radius 1 is 1.18 bits per heavy atom. The molecule has 1 aromatic heterocycles. The van der Waals surface area contributed by atoms with Crippen molar-refractivity contribution in [2.75, 3.05) is 18.4 Å². The minimum absolute atomic E-state index is 0.101. The summed E-state index contributed by atoms with van der Waals surface area (Å²) in [6.07, 6.45) is 2.08. The van der Waals surface area contributed by atoms with Crippen molar-refractivity contribution in [2.24, 2.45) is 5.73 Å². The first-order valence-corrected chi connectivity index (χ1v) is 8.99. The Balaban J connectivity index is 1.71. The van der Waals surface area contributed by atoms with Gasteiger partial charge in [-0.25, -0.2) is 18.7 Å². The van der Waals surface area contributed by atoms with E-state index in [4.69, 9.17) is 5.73 Å². The van der Waals surface area contributed by atoms with E-state index in [0.717, 1.165) is 19.0 Å². The third-order valence-electron chi connectivity index (χ3n) is 5.05. The van der Waals surface area contributed by atoms with Crippen LogP contribution in [0.25, 0.3) is 10.9 Å². The number of benzene rings is 2. The van der Waals surface area contributed by atoms with Gasteiger partial charge in [-0.3, -0.25) is 4.79 Å². The van der Waals surface area contributed by atoms with Gasteiger partial charge in [0.15, 0.2) is 0 Å². The fourth-order valence-electron chi connectivity index (χ4n) is 3.78. The molecule has 4 N–H and O–H groups in total. The third kappa shape index (κ3) is 3.50. The Hall–Kier alpha value is -3.13. The van der Waals surface area contributed by atoms with Gasteiger partial charge in [0.2, 0.25) is 0 Å². The summed E-state index contributed by atoms with van der Waals surface area (Å²) in [7, 11) is 0. The van der Waals surface area contributed by atoms with Crippen LogP contribution in [-0.2, 0) is 0 Å². The highest BCUT2D eigenvalue weighted by atomic mass is 19.1. The molecule has 1 fully saturated rings. The van der Waals surface area contributed by atoms with E-state index in [1.165, 1.54) is 18.5 Å². The second kappa shape index (κ2) is 7.47. The van der Waals surface area contributed by atoms with Crippen LogP contribution >= 0.6 is 0 Å². The number of primary amides is 1. The highest BCUT2D eigenvalue weighted by molar-refractivity contribution is 6.06. The molecule has 28 heavy (non-hydrogen) atoms. The zero-order valence-corrected chi connectivity index (χ0v) is 15.0. The van der Waals surface area contributed by atoms with Crippen LogP contribution in [0.15, 0.2) is 42.7 Å². The molecule has 4 rings (SSSR count). The lowest BCUT2D eigenvalue weighted by molar-refractivity contribution is 0.100. The number of carbonyl (C=O) groups excluding carboxylic acids is 1. The lowest BCUT2D eigenvalue weighted by atomic mass is 9.86. The van der Waals surface area contributed by atoms with Gasteiger partial charge >= 0.3 is 0 Å². The maximum absolute atomic E-state index is 13.7. The lowest BCUT2D eigenvalue weighted by Crippen LogP contribution is -2.44. The first-order valence-electron chi connectivity index (χ1n) is 8.99. The van der Waals surface area contributed by atoms with Gasteiger partial charge in [0, 0.05) is 30.0 Å². The molecular formula is C20H19F2N5O. The average Bonchev–Trinajstić information content (AvgIpc) is 2.67. The Kier molecular flexibility index (Phi) is 4.87. The van der Waals surface area contributed by atoms with E-state index in [0.29, 0.717) is 34.4 Å². The third-order valence-corrected chi connectivity index (χ3v) is 5.05. The van der Waals surface area contributed by atoms with Crippen molar-refractivity contribution in [2.45, 2.75) is 18.4 Å². The van der Waals surface area contributed by atoms with E-state index < -0.39 is 17.5 Å². The molecule has 144 valence electrons. The number of para-hydroxylation sites is 1. The number of anilines is 1. The largest absolute Gasteiger partial charge is 0.366 e. The summed E-state index contributed by atoms with van der Waals surface area (Å²) in [4.78, 5) is 20.2. The Morgan fingerprint density at radius 2 is 1.96 bits per heavy atom. The van der Waals surface area contributed by atoms with Crippen molar-refractivity contribution in [3.8, 4) is 0 Å². The number of rotatable bonds is 4. The van der Waals surface area contributed by atoms with Crippen LogP contribution in [0.2, 0.25) is 0 Å². The van der Waals surface area contributed by atoms with Gasteiger partial charge in [-0.1, -0.05) is 6.07 Å². The maximum atomic E-state index is 13.7. The predicted molar refractivity (Wildman–Crippen MR) is 102 cm³/mol. The van der Waals surface area contributed by atoms with Gasteiger partial charge in [0.25, 0.3) is 5.91 Å². The summed E-state index contributed by atoms with van der Waals surface area (Å²) in [6.45, 7) is 1.35. The molecule has 2 atom stereocenters. The van der Waals surface area contributed by atoms with E-state index in [1.807, 2.05) is 0 Å². The number of aromatic nitrogens is 2. The fourth-order valence-corrected chi connectivity index (χ4v) is 3.78. The summed E-state index contributed by atoms with van der Waals surface area (Å²) in [5.41, 5.74) is 6.82. The Bertz CT molecular complexity index is 1020. The predicted octanol–water partition coefficient (Wildman–Crippen LogP) is 2.56. The summed E-state index contributed by atoms with van der Waals surface area (Å²) in [5, 5.41) is 7.32. The molecule has 0 radical (unpaired) electrons. The summed E-state index contributed by atoms with van der Waals surface area (Å²) >= 11 is 0. The number of nitrogens with one attached hydrogen (secondary N) is 2. The van der Waals surface area contributed by atoms with Crippen LogP contribution in [0.4, 0.5) is 14.6 Å². The minimum Gasteiger partial charge on any atom is -0.366 e. The minimum atomic E-state index is -0.592. The molecule has 6 nitrogen and oxygen atoms in total. The molecule has 0 spiro atoms. The summed E-state index contributed by atoms with van der Waals surface area (Å²) < 4.78 is 27.4. The van der Waals surface area contributed by atoms with Gasteiger partial charge in [-0.05, 0) is 42.8 Å². The van der Waals surface area contributed by atoms with E-state index >= 15 is 0 Å². The monoisotopic (exact) mass is 383 g/mol. The van der Waals surface area contributed by atoms with Gasteiger partial charge < -0.3 is 16.4 Å². The normalized spacial score (nSPS) is 19.5. The maximum Gasteiger partial charge on any atom is 0.250 e. The SMILES string of the molecule is NC(=O)c1cccc2c(NC3CNCC[C@@H]3c3cc(F)cc(F)c3)ncnc12. The van der Waals surface area contributed by atoms with Crippen LogP contribution < -0.4 is 16.4 Å². The van der Waals surface area contributed by atoms with Crippen molar-refractivity contribution >= 4 is 22.6 Å². The molecule has 1 unspecified atom stereocenters. The van der Waals surface area contributed by atoms with Crippen LogP contribution in [-0.4, -0.2) is 35.0 Å². The van der Waals surface area contributed by atoms with Crippen molar-refractivity contribution in [3.05, 3.63) is 65.5 Å². The number of fused-ring (bicyclic) bond motifs is 1. The zero-order chi connectivity index (χ0) is 19.7. The van der Waals surface area contributed by atoms with E-state index in [2.05, 4.69) is 20.6 Å². The number of piperidine rings is 1. The Labute approximate surface area is 160 Å². The topological polar surface area (TPSA) is 92.9 Å². The van der Waals surface area contributed by atoms with Gasteiger partial charge in [-0.2, -0.15) is 0 Å². The number of halogens is 2.